The molecule has 5 heteroatoms. The first-order chi connectivity index (χ1) is 11.1. The summed E-state index contributed by atoms with van der Waals surface area (Å²) in [6, 6.07) is 8.00. The zero-order valence-electron chi connectivity index (χ0n) is 13.5. The van der Waals surface area contributed by atoms with Gasteiger partial charge in [-0.1, -0.05) is 13.3 Å². The lowest BCUT2D eigenvalue weighted by Gasteiger charge is -2.17. The molecule has 0 aliphatic carbocycles. The van der Waals surface area contributed by atoms with Gasteiger partial charge in [0.1, 0.15) is 0 Å². The Hall–Kier alpha value is -1.88. The van der Waals surface area contributed by atoms with E-state index in [9.17, 15) is 9.59 Å². The summed E-state index contributed by atoms with van der Waals surface area (Å²) in [5.41, 5.74) is 0.731. The molecule has 0 radical (unpaired) electrons. The van der Waals surface area contributed by atoms with E-state index in [1.165, 1.54) is 11.6 Å². The molecule has 2 heterocycles. The Morgan fingerprint density at radius 1 is 1.30 bits per heavy atom. The summed E-state index contributed by atoms with van der Waals surface area (Å²) in [4.78, 5) is 26.1. The molecule has 1 N–H and O–H groups in total. The minimum atomic E-state index is -0.0231. The molecule has 1 fully saturated rings. The van der Waals surface area contributed by atoms with Crippen molar-refractivity contribution in [2.24, 2.45) is 5.92 Å². The molecule has 0 saturated carbocycles. The van der Waals surface area contributed by atoms with Crippen LogP contribution >= 0.6 is 11.3 Å². The van der Waals surface area contributed by atoms with E-state index < -0.39 is 0 Å². The highest BCUT2D eigenvalue weighted by Crippen LogP contribution is 2.26. The largest absolute Gasteiger partial charge is 0.351 e. The van der Waals surface area contributed by atoms with E-state index >= 15 is 0 Å². The van der Waals surface area contributed by atoms with E-state index in [4.69, 9.17) is 0 Å². The first kappa shape index (κ1) is 16.0. The molecule has 0 unspecified atom stereocenters. The van der Waals surface area contributed by atoms with Gasteiger partial charge in [0.2, 0.25) is 5.91 Å². The number of nitrogens with one attached hydrogen (secondary N) is 1. The second kappa shape index (κ2) is 6.71. The van der Waals surface area contributed by atoms with Crippen LogP contribution in [0.1, 0.15) is 37.0 Å². The molecule has 1 aliphatic rings. The van der Waals surface area contributed by atoms with Gasteiger partial charge in [-0.25, -0.2) is 0 Å². The van der Waals surface area contributed by atoms with Crippen LogP contribution in [-0.2, 0) is 4.79 Å². The van der Waals surface area contributed by atoms with Gasteiger partial charge in [-0.15, -0.1) is 11.3 Å². The SMILES string of the molecule is CCC[C@@H]1CN(C(=O)c2ccc3sccc3c2)C[C@H]1NC(C)=O. The number of fused-ring (bicyclic) bond motifs is 1. The fraction of sp³-hybridized carbons (Fsp3) is 0.444. The van der Waals surface area contributed by atoms with E-state index in [2.05, 4.69) is 12.2 Å². The molecule has 3 rings (SSSR count). The monoisotopic (exact) mass is 330 g/mol. The van der Waals surface area contributed by atoms with E-state index in [1.54, 1.807) is 11.3 Å². The van der Waals surface area contributed by atoms with Gasteiger partial charge < -0.3 is 10.2 Å². The lowest BCUT2D eigenvalue weighted by Crippen LogP contribution is -2.39. The summed E-state index contributed by atoms with van der Waals surface area (Å²) < 4.78 is 1.20. The summed E-state index contributed by atoms with van der Waals surface area (Å²) in [5.74, 6) is 0.384. The van der Waals surface area contributed by atoms with Gasteiger partial charge >= 0.3 is 0 Å². The van der Waals surface area contributed by atoms with Gasteiger partial charge in [0, 0.05) is 30.3 Å². The Labute approximate surface area is 140 Å². The van der Waals surface area contributed by atoms with Crippen molar-refractivity contribution in [3.05, 3.63) is 35.2 Å². The van der Waals surface area contributed by atoms with Crippen molar-refractivity contribution in [1.29, 1.82) is 0 Å². The normalized spacial score (nSPS) is 20.9. The van der Waals surface area contributed by atoms with Crippen molar-refractivity contribution in [1.82, 2.24) is 10.2 Å². The molecule has 1 saturated heterocycles. The van der Waals surface area contributed by atoms with Crippen LogP contribution in [0.5, 0.6) is 0 Å². The molecule has 2 aromatic rings. The highest BCUT2D eigenvalue weighted by Gasteiger charge is 2.35. The first-order valence-electron chi connectivity index (χ1n) is 8.12. The van der Waals surface area contributed by atoms with Crippen LogP contribution in [0.2, 0.25) is 0 Å². The first-order valence-corrected chi connectivity index (χ1v) is 9.00. The Morgan fingerprint density at radius 2 is 2.13 bits per heavy atom. The van der Waals surface area contributed by atoms with Crippen molar-refractivity contribution < 1.29 is 9.59 Å². The Bertz CT molecular complexity index is 725. The number of carbonyl (C=O) groups is 2. The number of thiophene rings is 1. The molecule has 122 valence electrons. The number of likely N-dealkylation sites (tertiary alicyclic amines) is 1. The molecule has 2 atom stereocenters. The zero-order chi connectivity index (χ0) is 16.4. The third kappa shape index (κ3) is 3.39. The maximum atomic E-state index is 12.8. The Balaban J connectivity index is 1.77. The molecular formula is C18H22N2O2S. The minimum absolute atomic E-state index is 0.0231. The molecule has 1 aromatic carbocycles. The topological polar surface area (TPSA) is 49.4 Å². The number of hydrogen-bond donors (Lipinski definition) is 1. The average molecular weight is 330 g/mol. The van der Waals surface area contributed by atoms with E-state index in [0.717, 1.165) is 30.3 Å². The minimum Gasteiger partial charge on any atom is -0.351 e. The second-order valence-electron chi connectivity index (χ2n) is 6.24. The molecule has 2 amide bonds. The predicted octanol–water partition coefficient (Wildman–Crippen LogP) is 3.28. The third-order valence-corrected chi connectivity index (χ3v) is 5.37. The highest BCUT2D eigenvalue weighted by atomic mass is 32.1. The van der Waals surface area contributed by atoms with Crippen LogP contribution < -0.4 is 5.32 Å². The number of carbonyl (C=O) groups excluding carboxylic acids is 2. The van der Waals surface area contributed by atoms with Gasteiger partial charge in [-0.2, -0.15) is 0 Å². The fourth-order valence-corrected chi connectivity index (χ4v) is 4.18. The van der Waals surface area contributed by atoms with Gasteiger partial charge in [0.25, 0.3) is 5.91 Å². The van der Waals surface area contributed by atoms with Crippen molar-refractivity contribution in [3.63, 3.8) is 0 Å². The van der Waals surface area contributed by atoms with Gasteiger partial charge in [0.05, 0.1) is 6.04 Å². The third-order valence-electron chi connectivity index (χ3n) is 4.48. The summed E-state index contributed by atoms with van der Waals surface area (Å²) in [6.07, 6.45) is 2.09. The lowest BCUT2D eigenvalue weighted by molar-refractivity contribution is -0.119. The van der Waals surface area contributed by atoms with Crippen molar-refractivity contribution in [3.8, 4) is 0 Å². The maximum Gasteiger partial charge on any atom is 0.253 e. The Kier molecular flexibility index (Phi) is 4.66. The molecule has 1 aromatic heterocycles. The lowest BCUT2D eigenvalue weighted by atomic mass is 9.98. The predicted molar refractivity (Wildman–Crippen MR) is 93.7 cm³/mol. The van der Waals surface area contributed by atoms with Crippen molar-refractivity contribution in [2.75, 3.05) is 13.1 Å². The average Bonchev–Trinajstić information content (AvgIpc) is 3.13. The molecule has 0 spiro atoms. The number of nitrogens with zero attached hydrogens (tertiary/aromatic N) is 1. The zero-order valence-corrected chi connectivity index (χ0v) is 14.4. The second-order valence-corrected chi connectivity index (χ2v) is 7.19. The van der Waals surface area contributed by atoms with Gasteiger partial charge in [-0.05, 0) is 47.4 Å². The van der Waals surface area contributed by atoms with Crippen LogP contribution in [0.3, 0.4) is 0 Å². The summed E-state index contributed by atoms with van der Waals surface area (Å²) in [7, 11) is 0. The number of benzene rings is 1. The molecular weight excluding hydrogens is 308 g/mol. The van der Waals surface area contributed by atoms with Crippen molar-refractivity contribution in [2.45, 2.75) is 32.7 Å². The standard InChI is InChI=1S/C18H22N2O2S/c1-3-4-15-10-20(11-16(15)19-12(2)21)18(22)14-5-6-17-13(9-14)7-8-23-17/h5-9,15-16H,3-4,10-11H2,1-2H3,(H,19,21)/t15-,16-/m1/s1. The van der Waals surface area contributed by atoms with Crippen LogP contribution in [0, 0.1) is 5.92 Å². The van der Waals surface area contributed by atoms with Crippen LogP contribution in [0.4, 0.5) is 0 Å². The van der Waals surface area contributed by atoms with Crippen LogP contribution in [0.25, 0.3) is 10.1 Å². The number of hydrogen-bond acceptors (Lipinski definition) is 3. The molecule has 23 heavy (non-hydrogen) atoms. The summed E-state index contributed by atoms with van der Waals surface area (Å²) in [6.45, 7) is 5.00. The van der Waals surface area contributed by atoms with E-state index in [0.29, 0.717) is 12.5 Å². The number of rotatable bonds is 4. The van der Waals surface area contributed by atoms with Gasteiger partial charge in [-0.3, -0.25) is 9.59 Å². The van der Waals surface area contributed by atoms with Crippen LogP contribution in [0.15, 0.2) is 29.6 Å². The molecule has 0 bridgehead atoms. The van der Waals surface area contributed by atoms with E-state index in [1.807, 2.05) is 34.5 Å². The summed E-state index contributed by atoms with van der Waals surface area (Å²) >= 11 is 1.68. The fourth-order valence-electron chi connectivity index (χ4n) is 3.41. The molecule has 4 nitrogen and oxygen atoms in total. The maximum absolute atomic E-state index is 12.8. The smallest absolute Gasteiger partial charge is 0.253 e. The van der Waals surface area contributed by atoms with E-state index in [-0.39, 0.29) is 17.9 Å². The quantitative estimate of drug-likeness (QED) is 0.935. The number of amides is 2. The van der Waals surface area contributed by atoms with Crippen LogP contribution in [-0.4, -0.2) is 35.8 Å². The molecule has 1 aliphatic heterocycles. The van der Waals surface area contributed by atoms with Crippen molar-refractivity contribution >= 4 is 33.2 Å². The van der Waals surface area contributed by atoms with Gasteiger partial charge in [0.15, 0.2) is 0 Å². The Morgan fingerprint density at radius 3 is 2.87 bits per heavy atom. The summed E-state index contributed by atoms with van der Waals surface area (Å²) in [5, 5.41) is 6.16. The highest BCUT2D eigenvalue weighted by molar-refractivity contribution is 7.17.